The highest BCUT2D eigenvalue weighted by Gasteiger charge is 2.37. The molecule has 0 aliphatic carbocycles. The molecule has 2 rings (SSSR count). The SMILES string of the molecule is CCCc1nn(C)c(N2CCSCC2C(=O)O)c1[N+](=O)[O-]. The maximum Gasteiger partial charge on any atom is 0.334 e. The number of anilines is 1. The van der Waals surface area contributed by atoms with E-state index in [0.717, 1.165) is 12.2 Å². The Morgan fingerprint density at radius 1 is 1.62 bits per heavy atom. The van der Waals surface area contributed by atoms with Crippen LogP contribution in [0.4, 0.5) is 11.5 Å². The Labute approximate surface area is 126 Å². The lowest BCUT2D eigenvalue weighted by Gasteiger charge is -2.33. The van der Waals surface area contributed by atoms with Gasteiger partial charge in [0.2, 0.25) is 5.82 Å². The molecule has 1 aromatic heterocycles. The van der Waals surface area contributed by atoms with Crippen LogP contribution in [-0.4, -0.2) is 49.9 Å². The fraction of sp³-hybridized carbons (Fsp3) is 0.667. The van der Waals surface area contributed by atoms with Gasteiger partial charge in [-0.15, -0.1) is 0 Å². The van der Waals surface area contributed by atoms with Crippen molar-refractivity contribution in [2.24, 2.45) is 7.05 Å². The molecule has 2 heterocycles. The number of aryl methyl sites for hydroxylation is 2. The third-order valence-electron chi connectivity index (χ3n) is 3.42. The van der Waals surface area contributed by atoms with E-state index >= 15 is 0 Å². The van der Waals surface area contributed by atoms with E-state index in [4.69, 9.17) is 0 Å². The molecular formula is C12H18N4O4S. The molecule has 9 heteroatoms. The topological polar surface area (TPSA) is 102 Å². The summed E-state index contributed by atoms with van der Waals surface area (Å²) in [5.41, 5.74) is 0.361. The van der Waals surface area contributed by atoms with Crippen molar-refractivity contribution < 1.29 is 14.8 Å². The van der Waals surface area contributed by atoms with Gasteiger partial charge in [-0.25, -0.2) is 9.48 Å². The Bertz CT molecular complexity index is 560. The first kappa shape index (κ1) is 15.6. The molecule has 1 unspecified atom stereocenters. The van der Waals surface area contributed by atoms with Crippen LogP contribution in [0.1, 0.15) is 19.0 Å². The Hall–Kier alpha value is -1.77. The van der Waals surface area contributed by atoms with Gasteiger partial charge in [-0.2, -0.15) is 16.9 Å². The quantitative estimate of drug-likeness (QED) is 0.645. The molecule has 1 fully saturated rings. The summed E-state index contributed by atoms with van der Waals surface area (Å²) >= 11 is 1.54. The summed E-state index contributed by atoms with van der Waals surface area (Å²) in [4.78, 5) is 24.0. The van der Waals surface area contributed by atoms with Crippen molar-refractivity contribution in [3.63, 3.8) is 0 Å². The Kier molecular flexibility index (Phi) is 4.71. The highest BCUT2D eigenvalue weighted by molar-refractivity contribution is 7.99. The summed E-state index contributed by atoms with van der Waals surface area (Å²) in [5, 5.41) is 25.0. The van der Waals surface area contributed by atoms with Crippen molar-refractivity contribution in [1.29, 1.82) is 0 Å². The zero-order valence-electron chi connectivity index (χ0n) is 12.0. The molecule has 0 bridgehead atoms. The van der Waals surface area contributed by atoms with Crippen LogP contribution in [0.5, 0.6) is 0 Å². The number of thioether (sulfide) groups is 1. The highest BCUT2D eigenvalue weighted by atomic mass is 32.2. The third-order valence-corrected chi connectivity index (χ3v) is 4.44. The molecule has 116 valence electrons. The number of rotatable bonds is 5. The van der Waals surface area contributed by atoms with Gasteiger partial charge in [0, 0.05) is 25.1 Å². The number of aromatic nitrogens is 2. The number of hydrogen-bond donors (Lipinski definition) is 1. The molecule has 1 saturated heterocycles. The van der Waals surface area contributed by atoms with E-state index in [1.165, 1.54) is 4.68 Å². The second-order valence-corrected chi connectivity index (χ2v) is 6.02. The molecule has 8 nitrogen and oxygen atoms in total. The lowest BCUT2D eigenvalue weighted by molar-refractivity contribution is -0.384. The molecule has 0 amide bonds. The maximum atomic E-state index is 11.4. The number of aliphatic carboxylic acids is 1. The van der Waals surface area contributed by atoms with E-state index in [-0.39, 0.29) is 5.69 Å². The van der Waals surface area contributed by atoms with E-state index in [2.05, 4.69) is 5.10 Å². The van der Waals surface area contributed by atoms with E-state index < -0.39 is 16.9 Å². The minimum atomic E-state index is -0.963. The van der Waals surface area contributed by atoms with Crippen LogP contribution in [0.25, 0.3) is 0 Å². The van der Waals surface area contributed by atoms with Crippen molar-refractivity contribution in [3.05, 3.63) is 15.8 Å². The second kappa shape index (κ2) is 6.33. The Morgan fingerprint density at radius 3 is 2.90 bits per heavy atom. The lowest BCUT2D eigenvalue weighted by atomic mass is 10.2. The molecule has 0 spiro atoms. The zero-order chi connectivity index (χ0) is 15.6. The number of hydrogen-bond acceptors (Lipinski definition) is 6. The first-order valence-corrected chi connectivity index (χ1v) is 7.90. The van der Waals surface area contributed by atoms with Crippen molar-refractivity contribution in [1.82, 2.24) is 9.78 Å². The minimum absolute atomic E-state index is 0.0579. The van der Waals surface area contributed by atoms with Crippen LogP contribution in [0.2, 0.25) is 0 Å². The van der Waals surface area contributed by atoms with Gasteiger partial charge >= 0.3 is 11.7 Å². The molecule has 1 atom stereocenters. The largest absolute Gasteiger partial charge is 0.480 e. The van der Waals surface area contributed by atoms with E-state index in [1.54, 1.807) is 23.7 Å². The number of carbonyl (C=O) groups is 1. The Morgan fingerprint density at radius 2 is 2.33 bits per heavy atom. The van der Waals surface area contributed by atoms with Gasteiger partial charge in [0.05, 0.1) is 4.92 Å². The summed E-state index contributed by atoms with van der Waals surface area (Å²) in [6.45, 7) is 2.39. The molecule has 1 N–H and O–H groups in total. The van der Waals surface area contributed by atoms with Gasteiger partial charge < -0.3 is 10.0 Å². The molecular weight excluding hydrogens is 296 g/mol. The molecule has 1 aliphatic heterocycles. The molecule has 0 radical (unpaired) electrons. The predicted octanol–water partition coefficient (Wildman–Crippen LogP) is 1.29. The van der Waals surface area contributed by atoms with Crippen molar-refractivity contribution >= 4 is 29.2 Å². The monoisotopic (exact) mass is 314 g/mol. The van der Waals surface area contributed by atoms with Gasteiger partial charge in [0.15, 0.2) is 0 Å². The fourth-order valence-electron chi connectivity index (χ4n) is 2.53. The summed E-state index contributed by atoms with van der Waals surface area (Å²) in [7, 11) is 1.63. The fourth-order valence-corrected chi connectivity index (χ4v) is 3.57. The summed E-state index contributed by atoms with van der Waals surface area (Å²) in [6.07, 6.45) is 1.25. The Balaban J connectivity index is 2.50. The molecule has 0 saturated carbocycles. The van der Waals surface area contributed by atoms with E-state index in [9.17, 15) is 20.0 Å². The number of nitro groups is 1. The minimum Gasteiger partial charge on any atom is -0.480 e. The summed E-state index contributed by atoms with van der Waals surface area (Å²) in [6, 6.07) is -0.757. The van der Waals surface area contributed by atoms with Crippen molar-refractivity contribution in [2.45, 2.75) is 25.8 Å². The first-order valence-electron chi connectivity index (χ1n) is 6.74. The van der Waals surface area contributed by atoms with Crippen LogP contribution in [0.15, 0.2) is 0 Å². The standard InChI is InChI=1S/C12H18N4O4S/c1-3-4-8-10(16(19)20)11(14(2)13-8)15-5-6-21-7-9(15)12(17)18/h9H,3-7H2,1-2H3,(H,17,18). The van der Waals surface area contributed by atoms with E-state index in [0.29, 0.717) is 30.2 Å². The third kappa shape index (κ3) is 2.97. The average molecular weight is 314 g/mol. The highest BCUT2D eigenvalue weighted by Crippen LogP contribution is 2.35. The maximum absolute atomic E-state index is 11.4. The zero-order valence-corrected chi connectivity index (χ0v) is 12.8. The smallest absolute Gasteiger partial charge is 0.334 e. The summed E-state index contributed by atoms with van der Waals surface area (Å²) < 4.78 is 1.44. The van der Waals surface area contributed by atoms with Gasteiger partial charge in [-0.05, 0) is 6.42 Å². The molecule has 21 heavy (non-hydrogen) atoms. The van der Waals surface area contributed by atoms with Gasteiger partial charge in [0.25, 0.3) is 0 Å². The predicted molar refractivity (Wildman–Crippen MR) is 80.0 cm³/mol. The summed E-state index contributed by atoms with van der Waals surface area (Å²) in [5.74, 6) is 0.501. The second-order valence-electron chi connectivity index (χ2n) is 4.87. The van der Waals surface area contributed by atoms with Crippen LogP contribution in [0, 0.1) is 10.1 Å². The first-order chi connectivity index (χ1) is 9.97. The van der Waals surface area contributed by atoms with Crippen LogP contribution >= 0.6 is 11.8 Å². The number of carboxylic acids is 1. The number of carboxylic acid groups (broad SMARTS) is 1. The average Bonchev–Trinajstić information content (AvgIpc) is 2.75. The van der Waals surface area contributed by atoms with Gasteiger partial charge in [0.1, 0.15) is 11.7 Å². The van der Waals surface area contributed by atoms with E-state index in [1.807, 2.05) is 6.92 Å². The van der Waals surface area contributed by atoms with Crippen molar-refractivity contribution in [2.75, 3.05) is 23.0 Å². The molecule has 1 aromatic rings. The molecule has 0 aromatic carbocycles. The molecule has 1 aliphatic rings. The van der Waals surface area contributed by atoms with Crippen LogP contribution in [-0.2, 0) is 18.3 Å². The van der Waals surface area contributed by atoms with Crippen LogP contribution < -0.4 is 4.90 Å². The van der Waals surface area contributed by atoms with Gasteiger partial charge in [-0.1, -0.05) is 13.3 Å². The van der Waals surface area contributed by atoms with Crippen LogP contribution in [0.3, 0.4) is 0 Å². The number of nitrogens with zero attached hydrogens (tertiary/aromatic N) is 4. The van der Waals surface area contributed by atoms with Gasteiger partial charge in [-0.3, -0.25) is 10.1 Å². The lowest BCUT2D eigenvalue weighted by Crippen LogP contribution is -2.48. The normalized spacial score (nSPS) is 18.8. The van der Waals surface area contributed by atoms with Crippen molar-refractivity contribution in [3.8, 4) is 0 Å².